The molecule has 0 bridgehead atoms. The quantitative estimate of drug-likeness (QED) is 0.473. The van der Waals surface area contributed by atoms with Crippen LogP contribution >= 0.6 is 15.9 Å². The average molecular weight is 452 g/mol. The summed E-state index contributed by atoms with van der Waals surface area (Å²) < 4.78 is 0.819. The van der Waals surface area contributed by atoms with E-state index < -0.39 is 0 Å². The Kier molecular flexibility index (Phi) is 7.03. The maximum absolute atomic E-state index is 12.6. The predicted octanol–water partition coefficient (Wildman–Crippen LogP) is 4.99. The monoisotopic (exact) mass is 451 g/mol. The largest absolute Gasteiger partial charge is 0.376 e. The Labute approximate surface area is 178 Å². The first kappa shape index (κ1) is 20.6. The molecule has 3 aromatic carbocycles. The van der Waals surface area contributed by atoms with Gasteiger partial charge in [0.1, 0.15) is 0 Å². The lowest BCUT2D eigenvalue weighted by Crippen LogP contribution is -2.26. The number of rotatable bonds is 7. The number of hydrogen-bond donors (Lipinski definition) is 3. The summed E-state index contributed by atoms with van der Waals surface area (Å²) >= 11 is 3.40. The van der Waals surface area contributed by atoms with Gasteiger partial charge in [-0.25, -0.2) is 0 Å². The third kappa shape index (κ3) is 5.93. The number of hydrogen-bond acceptors (Lipinski definition) is 3. The van der Waals surface area contributed by atoms with Crippen LogP contribution in [0.1, 0.15) is 28.9 Å². The van der Waals surface area contributed by atoms with Gasteiger partial charge in [0.05, 0.1) is 18.3 Å². The normalized spacial score (nSPS) is 11.4. The molecule has 0 radical (unpaired) electrons. The summed E-state index contributed by atoms with van der Waals surface area (Å²) in [5, 5.41) is 8.88. The van der Waals surface area contributed by atoms with Crippen molar-refractivity contribution in [3.8, 4) is 0 Å². The third-order valence-electron chi connectivity index (χ3n) is 4.37. The van der Waals surface area contributed by atoms with Crippen LogP contribution in [0, 0.1) is 0 Å². The maximum atomic E-state index is 12.6. The molecule has 0 aliphatic rings. The van der Waals surface area contributed by atoms with Crippen molar-refractivity contribution in [1.82, 2.24) is 5.32 Å². The second-order valence-electron chi connectivity index (χ2n) is 6.57. The molecule has 3 rings (SSSR count). The van der Waals surface area contributed by atoms with Crippen LogP contribution in [0.2, 0.25) is 0 Å². The number of carbonyl (C=O) groups is 2. The first-order valence-corrected chi connectivity index (χ1v) is 10.1. The second-order valence-corrected chi connectivity index (χ2v) is 7.42. The highest BCUT2D eigenvalue weighted by molar-refractivity contribution is 9.10. The van der Waals surface area contributed by atoms with E-state index in [1.165, 1.54) is 0 Å². The van der Waals surface area contributed by atoms with E-state index in [1.54, 1.807) is 18.2 Å². The number of amides is 2. The fourth-order valence-corrected chi connectivity index (χ4v) is 3.20. The molecule has 0 fully saturated rings. The summed E-state index contributed by atoms with van der Waals surface area (Å²) in [5.41, 5.74) is 2.98. The molecular formula is C23H22BrN3O2. The summed E-state index contributed by atoms with van der Waals surface area (Å²) in [6.45, 7) is 2.04. The minimum atomic E-state index is -0.176. The highest BCUT2D eigenvalue weighted by atomic mass is 79.9. The molecule has 148 valence electrons. The summed E-state index contributed by atoms with van der Waals surface area (Å²) in [6, 6.07) is 24.2. The zero-order valence-electron chi connectivity index (χ0n) is 16.0. The van der Waals surface area contributed by atoms with Crippen molar-refractivity contribution in [3.05, 3.63) is 94.5 Å². The molecule has 3 N–H and O–H groups in total. The number of nitrogens with one attached hydrogen (secondary N) is 3. The van der Waals surface area contributed by atoms with E-state index >= 15 is 0 Å². The van der Waals surface area contributed by atoms with Crippen molar-refractivity contribution < 1.29 is 9.59 Å². The first-order chi connectivity index (χ1) is 14.0. The lowest BCUT2D eigenvalue weighted by molar-refractivity contribution is -0.114. The summed E-state index contributed by atoms with van der Waals surface area (Å²) in [7, 11) is 0. The van der Waals surface area contributed by atoms with Crippen molar-refractivity contribution >= 4 is 39.1 Å². The molecule has 0 saturated heterocycles. The number of para-hydroxylation sites is 1. The smallest absolute Gasteiger partial charge is 0.251 e. The zero-order chi connectivity index (χ0) is 20.6. The first-order valence-electron chi connectivity index (χ1n) is 9.27. The van der Waals surface area contributed by atoms with Gasteiger partial charge in [-0.1, -0.05) is 48.5 Å². The summed E-state index contributed by atoms with van der Waals surface area (Å²) in [6.07, 6.45) is 0. The Morgan fingerprint density at radius 1 is 0.931 bits per heavy atom. The van der Waals surface area contributed by atoms with Crippen LogP contribution in [0.3, 0.4) is 0 Å². The Morgan fingerprint density at radius 3 is 2.41 bits per heavy atom. The lowest BCUT2D eigenvalue weighted by Gasteiger charge is -2.15. The van der Waals surface area contributed by atoms with Gasteiger partial charge in [-0.3, -0.25) is 9.59 Å². The van der Waals surface area contributed by atoms with Gasteiger partial charge in [0, 0.05) is 15.7 Å². The molecule has 1 unspecified atom stereocenters. The van der Waals surface area contributed by atoms with Crippen LogP contribution in [0.4, 0.5) is 11.4 Å². The fourth-order valence-electron chi connectivity index (χ4n) is 2.81. The van der Waals surface area contributed by atoms with Gasteiger partial charge in [0.15, 0.2) is 0 Å². The predicted molar refractivity (Wildman–Crippen MR) is 120 cm³/mol. The van der Waals surface area contributed by atoms with Gasteiger partial charge in [-0.2, -0.15) is 0 Å². The van der Waals surface area contributed by atoms with Crippen molar-refractivity contribution in [2.45, 2.75) is 13.0 Å². The molecule has 0 aliphatic heterocycles. The van der Waals surface area contributed by atoms with Gasteiger partial charge >= 0.3 is 0 Å². The number of carbonyl (C=O) groups excluding carboxylic acids is 2. The van der Waals surface area contributed by atoms with Crippen molar-refractivity contribution in [2.24, 2.45) is 0 Å². The summed E-state index contributed by atoms with van der Waals surface area (Å²) in [4.78, 5) is 24.8. The van der Waals surface area contributed by atoms with Gasteiger partial charge in [0.25, 0.3) is 5.91 Å². The minimum absolute atomic E-state index is 0.0901. The van der Waals surface area contributed by atoms with Crippen LogP contribution < -0.4 is 16.0 Å². The van der Waals surface area contributed by atoms with E-state index in [-0.39, 0.29) is 24.4 Å². The van der Waals surface area contributed by atoms with Crippen molar-refractivity contribution in [3.63, 3.8) is 0 Å². The lowest BCUT2D eigenvalue weighted by atomic mass is 10.1. The van der Waals surface area contributed by atoms with Gasteiger partial charge in [0.2, 0.25) is 5.91 Å². The molecule has 29 heavy (non-hydrogen) atoms. The molecule has 2 amide bonds. The van der Waals surface area contributed by atoms with Gasteiger partial charge in [-0.15, -0.1) is 0 Å². The van der Waals surface area contributed by atoms with E-state index in [4.69, 9.17) is 0 Å². The number of benzene rings is 3. The van der Waals surface area contributed by atoms with E-state index in [9.17, 15) is 9.59 Å². The van der Waals surface area contributed by atoms with Crippen molar-refractivity contribution in [2.75, 3.05) is 17.2 Å². The SMILES string of the molecule is CC(NC(=O)c1cccc(NCC(=O)Nc2ccccc2Br)c1)c1ccccc1. The Morgan fingerprint density at radius 2 is 1.66 bits per heavy atom. The van der Waals surface area contributed by atoms with E-state index in [0.717, 1.165) is 10.0 Å². The molecule has 0 aliphatic carbocycles. The van der Waals surface area contributed by atoms with E-state index in [0.29, 0.717) is 16.9 Å². The average Bonchev–Trinajstić information content (AvgIpc) is 2.74. The van der Waals surface area contributed by atoms with Gasteiger partial charge in [-0.05, 0) is 58.7 Å². The van der Waals surface area contributed by atoms with Crippen LogP contribution in [0.5, 0.6) is 0 Å². The molecular weight excluding hydrogens is 430 g/mol. The van der Waals surface area contributed by atoms with Crippen LogP contribution in [0.25, 0.3) is 0 Å². The number of anilines is 2. The Hall–Kier alpha value is -3.12. The fraction of sp³-hybridized carbons (Fsp3) is 0.130. The van der Waals surface area contributed by atoms with Crippen LogP contribution in [-0.2, 0) is 4.79 Å². The summed E-state index contributed by atoms with van der Waals surface area (Å²) in [5.74, 6) is -0.341. The molecule has 1 atom stereocenters. The molecule has 0 heterocycles. The minimum Gasteiger partial charge on any atom is -0.376 e. The maximum Gasteiger partial charge on any atom is 0.251 e. The van der Waals surface area contributed by atoms with Crippen LogP contribution in [0.15, 0.2) is 83.3 Å². The third-order valence-corrected chi connectivity index (χ3v) is 5.06. The molecule has 5 nitrogen and oxygen atoms in total. The van der Waals surface area contributed by atoms with Gasteiger partial charge < -0.3 is 16.0 Å². The molecule has 0 spiro atoms. The van der Waals surface area contributed by atoms with Crippen molar-refractivity contribution in [1.29, 1.82) is 0 Å². The standard InChI is InChI=1S/C23H22BrN3O2/c1-16(17-8-3-2-4-9-17)26-23(29)18-10-7-11-19(14-18)25-15-22(28)27-21-13-6-5-12-20(21)24/h2-14,16,25H,15H2,1H3,(H,26,29)(H,27,28). The van der Waals surface area contributed by atoms with Crippen LogP contribution in [-0.4, -0.2) is 18.4 Å². The van der Waals surface area contributed by atoms with E-state index in [2.05, 4.69) is 31.9 Å². The highest BCUT2D eigenvalue weighted by Crippen LogP contribution is 2.21. The highest BCUT2D eigenvalue weighted by Gasteiger charge is 2.12. The van der Waals surface area contributed by atoms with E-state index in [1.807, 2.05) is 67.6 Å². The molecule has 0 saturated carbocycles. The topological polar surface area (TPSA) is 70.2 Å². The second kappa shape index (κ2) is 9.89. The number of halogens is 1. The molecule has 3 aromatic rings. The Balaban J connectivity index is 1.57. The molecule has 6 heteroatoms. The molecule has 0 aromatic heterocycles. The Bertz CT molecular complexity index is 992. The zero-order valence-corrected chi connectivity index (χ0v) is 17.6.